The molecule has 3 rings (SSSR count). The van der Waals surface area contributed by atoms with Crippen LogP contribution in [0.3, 0.4) is 0 Å². The summed E-state index contributed by atoms with van der Waals surface area (Å²) < 4.78 is 1.76. The molecule has 0 radical (unpaired) electrons. The van der Waals surface area contributed by atoms with Crippen LogP contribution in [0.4, 0.5) is 4.79 Å². The van der Waals surface area contributed by atoms with Crippen molar-refractivity contribution in [2.24, 2.45) is 0 Å². The van der Waals surface area contributed by atoms with Crippen LogP contribution < -0.4 is 10.6 Å². The van der Waals surface area contributed by atoms with Gasteiger partial charge in [-0.25, -0.2) is 4.79 Å². The van der Waals surface area contributed by atoms with E-state index in [1.165, 1.54) is 7.05 Å². The molecule has 0 aliphatic heterocycles. The molecule has 0 bridgehead atoms. The molecular formula is C18H16Cl2N6O2S. The lowest BCUT2D eigenvalue weighted by Gasteiger charge is -2.14. The molecule has 3 aromatic rings. The summed E-state index contributed by atoms with van der Waals surface area (Å²) in [4.78, 5) is 27.8. The molecule has 1 atom stereocenters. The first-order chi connectivity index (χ1) is 13.9. The van der Waals surface area contributed by atoms with Crippen molar-refractivity contribution in [3.8, 4) is 17.1 Å². The van der Waals surface area contributed by atoms with E-state index in [9.17, 15) is 9.59 Å². The minimum atomic E-state index is -0.611. The van der Waals surface area contributed by atoms with Crippen LogP contribution in [-0.4, -0.2) is 44.0 Å². The topological polar surface area (TPSA) is 102 Å². The van der Waals surface area contributed by atoms with Crippen LogP contribution >= 0.6 is 35.0 Å². The molecule has 11 heteroatoms. The number of carbonyl (C=O) groups is 2. The molecule has 0 aliphatic rings. The number of rotatable bonds is 5. The predicted molar refractivity (Wildman–Crippen MR) is 113 cm³/mol. The number of imide groups is 1. The molecule has 0 saturated heterocycles. The maximum atomic E-state index is 12.2. The Morgan fingerprint density at radius 2 is 1.97 bits per heavy atom. The molecule has 2 N–H and O–H groups in total. The number of urea groups is 1. The van der Waals surface area contributed by atoms with Crippen molar-refractivity contribution in [2.75, 3.05) is 7.05 Å². The molecule has 2 heterocycles. The number of pyridine rings is 1. The summed E-state index contributed by atoms with van der Waals surface area (Å²) in [5.41, 5.74) is 1.41. The Morgan fingerprint density at radius 1 is 1.17 bits per heavy atom. The fourth-order valence-electron chi connectivity index (χ4n) is 2.37. The van der Waals surface area contributed by atoms with E-state index in [-0.39, 0.29) is 0 Å². The van der Waals surface area contributed by atoms with Crippen molar-refractivity contribution in [3.05, 3.63) is 52.8 Å². The Morgan fingerprint density at radius 3 is 2.62 bits per heavy atom. The highest BCUT2D eigenvalue weighted by Crippen LogP contribution is 2.32. The number of thioether (sulfide) groups is 1. The fraction of sp³-hybridized carbons (Fsp3) is 0.167. The summed E-state index contributed by atoms with van der Waals surface area (Å²) in [6.45, 7) is 1.67. The first-order valence-electron chi connectivity index (χ1n) is 8.41. The van der Waals surface area contributed by atoms with Crippen molar-refractivity contribution in [1.29, 1.82) is 0 Å². The Bertz CT molecular complexity index is 1040. The van der Waals surface area contributed by atoms with Gasteiger partial charge in [0.25, 0.3) is 0 Å². The fourth-order valence-corrected chi connectivity index (χ4v) is 3.53. The minimum Gasteiger partial charge on any atom is -0.341 e. The molecule has 8 nitrogen and oxygen atoms in total. The molecule has 1 unspecified atom stereocenters. The number of halogens is 2. The lowest BCUT2D eigenvalue weighted by molar-refractivity contribution is -0.119. The third-order valence-corrected chi connectivity index (χ3v) is 5.61. The molecule has 2 aromatic heterocycles. The van der Waals surface area contributed by atoms with Gasteiger partial charge in [-0.15, -0.1) is 10.2 Å². The molecule has 29 heavy (non-hydrogen) atoms. The van der Waals surface area contributed by atoms with Crippen LogP contribution in [0, 0.1) is 0 Å². The third-order valence-electron chi connectivity index (χ3n) is 3.83. The van der Waals surface area contributed by atoms with Crippen LogP contribution in [-0.2, 0) is 4.79 Å². The summed E-state index contributed by atoms with van der Waals surface area (Å²) in [5.74, 6) is 0.0684. The number of nitrogens with one attached hydrogen (secondary N) is 2. The Labute approximate surface area is 181 Å². The van der Waals surface area contributed by atoms with Crippen LogP contribution in [0.5, 0.6) is 0 Å². The van der Waals surface area contributed by atoms with Crippen LogP contribution in [0.1, 0.15) is 6.92 Å². The number of carbonyl (C=O) groups excluding carboxylic acids is 2. The molecule has 1 aromatic carbocycles. The van der Waals surface area contributed by atoms with Gasteiger partial charge in [0.1, 0.15) is 0 Å². The van der Waals surface area contributed by atoms with Gasteiger partial charge in [0.2, 0.25) is 5.91 Å². The van der Waals surface area contributed by atoms with Gasteiger partial charge < -0.3 is 5.32 Å². The molecule has 0 aliphatic carbocycles. The van der Waals surface area contributed by atoms with Gasteiger partial charge in [-0.1, -0.05) is 35.0 Å². The first kappa shape index (κ1) is 21.1. The summed E-state index contributed by atoms with van der Waals surface area (Å²) in [5, 5.41) is 13.7. The van der Waals surface area contributed by atoms with E-state index >= 15 is 0 Å². The van der Waals surface area contributed by atoms with Gasteiger partial charge in [-0.3, -0.25) is 19.7 Å². The largest absolute Gasteiger partial charge is 0.341 e. The first-order valence-corrected chi connectivity index (χ1v) is 10.0. The SMILES string of the molecule is CNC(=O)NC(=O)C(C)Sc1nnc(-c2cccnc2)n1-c1ccc(Cl)c(Cl)c1. The van der Waals surface area contributed by atoms with E-state index in [0.29, 0.717) is 26.7 Å². The van der Waals surface area contributed by atoms with E-state index in [1.54, 1.807) is 48.1 Å². The second kappa shape index (κ2) is 9.25. The second-order valence-corrected chi connectivity index (χ2v) is 7.93. The number of hydrogen-bond donors (Lipinski definition) is 2. The number of nitrogens with zero attached hydrogens (tertiary/aromatic N) is 4. The highest BCUT2D eigenvalue weighted by atomic mass is 35.5. The minimum absolute atomic E-state index is 0.372. The normalized spacial score (nSPS) is 11.7. The monoisotopic (exact) mass is 450 g/mol. The molecule has 0 saturated carbocycles. The van der Waals surface area contributed by atoms with Gasteiger partial charge in [-0.2, -0.15) is 0 Å². The van der Waals surface area contributed by atoms with Crippen LogP contribution in [0.25, 0.3) is 17.1 Å². The summed E-state index contributed by atoms with van der Waals surface area (Å²) in [6.07, 6.45) is 3.32. The smallest absolute Gasteiger partial charge is 0.321 e. The van der Waals surface area contributed by atoms with Gasteiger partial charge in [0, 0.05) is 25.0 Å². The zero-order chi connectivity index (χ0) is 21.0. The van der Waals surface area contributed by atoms with Crippen LogP contribution in [0.2, 0.25) is 10.0 Å². The number of amides is 3. The molecule has 150 valence electrons. The van der Waals surface area contributed by atoms with E-state index in [2.05, 4.69) is 25.8 Å². The van der Waals surface area contributed by atoms with E-state index < -0.39 is 17.2 Å². The lowest BCUT2D eigenvalue weighted by Crippen LogP contribution is -2.41. The summed E-state index contributed by atoms with van der Waals surface area (Å²) in [7, 11) is 1.43. The highest BCUT2D eigenvalue weighted by Gasteiger charge is 2.23. The zero-order valence-electron chi connectivity index (χ0n) is 15.4. The second-order valence-electron chi connectivity index (χ2n) is 5.81. The van der Waals surface area contributed by atoms with Crippen LogP contribution in [0.15, 0.2) is 47.9 Å². The number of aromatic nitrogens is 4. The quantitative estimate of drug-likeness (QED) is 0.575. The number of benzene rings is 1. The molecule has 0 spiro atoms. The average Bonchev–Trinajstić information content (AvgIpc) is 3.14. The molecule has 0 fully saturated rings. The lowest BCUT2D eigenvalue weighted by atomic mass is 10.2. The highest BCUT2D eigenvalue weighted by molar-refractivity contribution is 8.00. The Hall–Kier alpha value is -2.62. The Balaban J connectivity index is 2.01. The zero-order valence-corrected chi connectivity index (χ0v) is 17.7. The molecular weight excluding hydrogens is 435 g/mol. The van der Waals surface area contributed by atoms with Gasteiger partial charge in [0.15, 0.2) is 11.0 Å². The average molecular weight is 451 g/mol. The van der Waals surface area contributed by atoms with Crippen molar-refractivity contribution >= 4 is 46.9 Å². The van der Waals surface area contributed by atoms with Crippen molar-refractivity contribution in [2.45, 2.75) is 17.3 Å². The van der Waals surface area contributed by atoms with Gasteiger partial charge in [-0.05, 0) is 37.3 Å². The van der Waals surface area contributed by atoms with Gasteiger partial charge in [0.05, 0.1) is 21.0 Å². The maximum absolute atomic E-state index is 12.2. The van der Waals surface area contributed by atoms with Crippen molar-refractivity contribution in [1.82, 2.24) is 30.4 Å². The molecule has 3 amide bonds. The summed E-state index contributed by atoms with van der Waals surface area (Å²) >= 11 is 13.4. The summed E-state index contributed by atoms with van der Waals surface area (Å²) in [6, 6.07) is 8.19. The van der Waals surface area contributed by atoms with Crippen molar-refractivity contribution in [3.63, 3.8) is 0 Å². The van der Waals surface area contributed by atoms with Gasteiger partial charge >= 0.3 is 6.03 Å². The standard InChI is InChI=1S/C18H16Cl2N6O2S/c1-10(16(27)23-17(28)21-2)29-18-25-24-15(11-4-3-7-22-9-11)26(18)12-5-6-13(19)14(20)8-12/h3-10H,1-2H3,(H2,21,23,27,28). The van der Waals surface area contributed by atoms with E-state index in [1.807, 2.05) is 6.07 Å². The predicted octanol–water partition coefficient (Wildman–Crippen LogP) is 3.57. The maximum Gasteiger partial charge on any atom is 0.321 e. The number of hydrogen-bond acceptors (Lipinski definition) is 6. The third kappa shape index (κ3) is 4.87. The van der Waals surface area contributed by atoms with Crippen molar-refractivity contribution < 1.29 is 9.59 Å². The van der Waals surface area contributed by atoms with E-state index in [0.717, 1.165) is 17.3 Å². The Kier molecular flexibility index (Phi) is 6.73. The van der Waals surface area contributed by atoms with E-state index in [4.69, 9.17) is 23.2 Å².